The van der Waals surface area contributed by atoms with Gasteiger partial charge in [-0.3, -0.25) is 9.69 Å². The predicted molar refractivity (Wildman–Crippen MR) is 173 cm³/mol. The number of thioether (sulfide) groups is 1. The lowest BCUT2D eigenvalue weighted by molar-refractivity contribution is -0.140. The molecule has 1 aliphatic carbocycles. The van der Waals surface area contributed by atoms with Gasteiger partial charge >= 0.3 is 5.97 Å². The third-order valence-corrected chi connectivity index (χ3v) is 10.6. The van der Waals surface area contributed by atoms with Crippen LogP contribution in [0.25, 0.3) is 11.1 Å². The lowest BCUT2D eigenvalue weighted by Gasteiger charge is -2.30. The first kappa shape index (κ1) is 31.3. The highest BCUT2D eigenvalue weighted by molar-refractivity contribution is 7.98. The molecule has 0 radical (unpaired) electrons. The van der Waals surface area contributed by atoms with Crippen LogP contribution in [0.15, 0.2) is 72.8 Å². The first-order chi connectivity index (χ1) is 20.5. The average Bonchev–Trinajstić information content (AvgIpc) is 3.52. The SMILES string of the molecule is CSC[C@@H]1CC[C@H](Cc2ccccc2)N1Cc1ccc(C(=O)NC2(C(=O)O)CC2CS(C)(=O)=O)c(-c2ccccc2C)c1. The highest BCUT2D eigenvalue weighted by atomic mass is 32.2. The van der Waals surface area contributed by atoms with Crippen LogP contribution < -0.4 is 5.32 Å². The molecule has 0 aromatic heterocycles. The summed E-state index contributed by atoms with van der Waals surface area (Å²) in [5.74, 6) is -1.59. The number of carbonyl (C=O) groups excluding carboxylic acids is 1. The maximum Gasteiger partial charge on any atom is 0.329 e. The number of benzene rings is 3. The number of sulfone groups is 1. The van der Waals surface area contributed by atoms with Crippen LogP contribution in [-0.4, -0.2) is 71.9 Å². The van der Waals surface area contributed by atoms with Crippen molar-refractivity contribution in [3.05, 3.63) is 95.1 Å². The molecular formula is C34H40N2O5S2. The molecule has 4 atom stereocenters. The molecule has 1 amide bonds. The Hall–Kier alpha value is -3.14. The van der Waals surface area contributed by atoms with E-state index in [0.717, 1.165) is 60.1 Å². The van der Waals surface area contributed by atoms with Crippen LogP contribution in [0.3, 0.4) is 0 Å². The number of nitrogens with one attached hydrogen (secondary N) is 1. The van der Waals surface area contributed by atoms with Crippen molar-refractivity contribution in [3.63, 3.8) is 0 Å². The van der Waals surface area contributed by atoms with Crippen LogP contribution >= 0.6 is 11.8 Å². The third kappa shape index (κ3) is 7.16. The number of likely N-dealkylation sites (tertiary alicyclic amines) is 1. The fourth-order valence-electron chi connectivity index (χ4n) is 6.58. The molecular weight excluding hydrogens is 581 g/mol. The maximum absolute atomic E-state index is 13.7. The van der Waals surface area contributed by atoms with Crippen LogP contribution in [0, 0.1) is 12.8 Å². The number of amides is 1. The van der Waals surface area contributed by atoms with E-state index < -0.39 is 33.2 Å². The van der Waals surface area contributed by atoms with Gasteiger partial charge < -0.3 is 10.4 Å². The first-order valence-corrected chi connectivity index (χ1v) is 18.2. The quantitative estimate of drug-likeness (QED) is 0.286. The number of aryl methyl sites for hydroxylation is 1. The molecule has 3 aromatic carbocycles. The number of carboxylic acid groups (broad SMARTS) is 1. The van der Waals surface area contributed by atoms with E-state index in [4.69, 9.17) is 0 Å². The van der Waals surface area contributed by atoms with Crippen molar-refractivity contribution in [1.29, 1.82) is 0 Å². The van der Waals surface area contributed by atoms with E-state index in [1.54, 1.807) is 6.07 Å². The molecule has 9 heteroatoms. The summed E-state index contributed by atoms with van der Waals surface area (Å²) >= 11 is 1.87. The van der Waals surface area contributed by atoms with Gasteiger partial charge in [-0.05, 0) is 78.8 Å². The standard InChI is InChI=1S/C34H40N2O5S2/c1-23-9-7-8-12-29(23)31-18-25(20-36-27(14-15-28(36)21-42-2)17-24-10-5-4-6-11-24)13-16-30(31)32(37)35-34(33(38)39)19-26(34)22-43(3,40)41/h4-13,16,18,26-28H,14-15,17,19-22H2,1-3H3,(H,35,37)(H,38,39)/t26?,27-,28+,34?/m1/s1. The Balaban J connectivity index is 1.46. The van der Waals surface area contributed by atoms with Crippen LogP contribution in [0.5, 0.6) is 0 Å². The fraction of sp³-hybridized carbons (Fsp3) is 0.412. The van der Waals surface area contributed by atoms with Gasteiger partial charge in [0.1, 0.15) is 15.4 Å². The van der Waals surface area contributed by atoms with E-state index in [1.807, 2.05) is 55.1 Å². The van der Waals surface area contributed by atoms with E-state index in [1.165, 1.54) is 5.56 Å². The lowest BCUT2D eigenvalue weighted by atomic mass is 9.93. The summed E-state index contributed by atoms with van der Waals surface area (Å²) in [5, 5.41) is 12.7. The summed E-state index contributed by atoms with van der Waals surface area (Å²) in [4.78, 5) is 28.6. The molecule has 1 heterocycles. The second-order valence-electron chi connectivity index (χ2n) is 12.1. The second kappa shape index (κ2) is 12.8. The number of aliphatic carboxylic acids is 1. The number of carboxylic acids is 1. The number of nitrogens with zero attached hydrogens (tertiary/aromatic N) is 1. The summed E-state index contributed by atoms with van der Waals surface area (Å²) < 4.78 is 23.8. The third-order valence-electron chi connectivity index (χ3n) is 8.90. The number of hydrogen-bond donors (Lipinski definition) is 2. The van der Waals surface area contributed by atoms with Crippen molar-refractivity contribution >= 4 is 33.5 Å². The number of carbonyl (C=O) groups is 2. The molecule has 3 aromatic rings. The molecule has 7 nitrogen and oxygen atoms in total. The Bertz CT molecular complexity index is 1590. The van der Waals surface area contributed by atoms with Crippen LogP contribution in [0.1, 0.15) is 46.3 Å². The predicted octanol–water partition coefficient (Wildman–Crippen LogP) is 5.22. The van der Waals surface area contributed by atoms with Gasteiger partial charge in [-0.15, -0.1) is 0 Å². The Morgan fingerprint density at radius 1 is 0.977 bits per heavy atom. The maximum atomic E-state index is 13.7. The average molecular weight is 621 g/mol. The van der Waals surface area contributed by atoms with Crippen molar-refractivity contribution in [3.8, 4) is 11.1 Å². The first-order valence-electron chi connectivity index (χ1n) is 14.7. The smallest absolute Gasteiger partial charge is 0.329 e. The Morgan fingerprint density at radius 2 is 1.67 bits per heavy atom. The van der Waals surface area contributed by atoms with E-state index in [2.05, 4.69) is 46.8 Å². The van der Waals surface area contributed by atoms with Gasteiger partial charge in [0.05, 0.1) is 5.75 Å². The van der Waals surface area contributed by atoms with E-state index in [-0.39, 0.29) is 12.2 Å². The molecule has 1 saturated heterocycles. The molecule has 2 aliphatic rings. The molecule has 1 aliphatic heterocycles. The van der Waals surface area contributed by atoms with Gasteiger partial charge in [-0.25, -0.2) is 13.2 Å². The van der Waals surface area contributed by atoms with E-state index in [9.17, 15) is 23.1 Å². The lowest BCUT2D eigenvalue weighted by Crippen LogP contribution is -2.46. The minimum Gasteiger partial charge on any atom is -0.479 e. The van der Waals surface area contributed by atoms with Crippen molar-refractivity contribution in [2.75, 3.05) is 24.0 Å². The summed E-state index contributed by atoms with van der Waals surface area (Å²) in [6.45, 7) is 2.75. The van der Waals surface area contributed by atoms with Gasteiger partial charge in [0.25, 0.3) is 5.91 Å². The highest BCUT2D eigenvalue weighted by Gasteiger charge is 2.62. The summed E-state index contributed by atoms with van der Waals surface area (Å²) in [6.07, 6.45) is 6.60. The normalized spacial score (nSPS) is 23.7. The van der Waals surface area contributed by atoms with Crippen LogP contribution in [0.2, 0.25) is 0 Å². The van der Waals surface area contributed by atoms with Crippen molar-refractivity contribution in [1.82, 2.24) is 10.2 Å². The van der Waals surface area contributed by atoms with Gasteiger partial charge in [-0.1, -0.05) is 60.7 Å². The molecule has 0 bridgehead atoms. The zero-order valence-electron chi connectivity index (χ0n) is 25.0. The van der Waals surface area contributed by atoms with E-state index >= 15 is 0 Å². The molecule has 2 fully saturated rings. The highest BCUT2D eigenvalue weighted by Crippen LogP contribution is 2.45. The van der Waals surface area contributed by atoms with Crippen molar-refractivity contribution in [2.45, 2.75) is 56.8 Å². The molecule has 1 saturated carbocycles. The minimum absolute atomic E-state index is 0.0908. The largest absolute Gasteiger partial charge is 0.479 e. The summed E-state index contributed by atoms with van der Waals surface area (Å²) in [7, 11) is -3.39. The Labute approximate surface area is 259 Å². The Morgan fingerprint density at radius 3 is 2.35 bits per heavy atom. The summed E-state index contributed by atoms with van der Waals surface area (Å²) in [6, 6.07) is 25.2. The van der Waals surface area contributed by atoms with Crippen LogP contribution in [0.4, 0.5) is 0 Å². The van der Waals surface area contributed by atoms with Gasteiger partial charge in [0.15, 0.2) is 0 Å². The van der Waals surface area contributed by atoms with Gasteiger partial charge in [-0.2, -0.15) is 11.8 Å². The van der Waals surface area contributed by atoms with Crippen molar-refractivity contribution < 1.29 is 23.1 Å². The fourth-order valence-corrected chi connectivity index (χ4v) is 8.46. The molecule has 5 rings (SSSR count). The second-order valence-corrected chi connectivity index (χ2v) is 15.2. The number of hydrogen-bond acceptors (Lipinski definition) is 6. The van der Waals surface area contributed by atoms with E-state index in [0.29, 0.717) is 17.6 Å². The van der Waals surface area contributed by atoms with Gasteiger partial charge in [0.2, 0.25) is 0 Å². The van der Waals surface area contributed by atoms with Crippen molar-refractivity contribution in [2.24, 2.45) is 5.92 Å². The molecule has 2 unspecified atom stereocenters. The molecule has 43 heavy (non-hydrogen) atoms. The number of rotatable bonds is 12. The van der Waals surface area contributed by atoms with Gasteiger partial charge in [0, 0.05) is 42.1 Å². The Kier molecular flexibility index (Phi) is 9.34. The summed E-state index contributed by atoms with van der Waals surface area (Å²) in [5.41, 5.74) is 3.89. The zero-order valence-corrected chi connectivity index (χ0v) is 26.6. The topological polar surface area (TPSA) is 104 Å². The molecule has 2 N–H and O–H groups in total. The minimum atomic E-state index is -3.39. The van der Waals surface area contributed by atoms with Crippen LogP contribution in [-0.2, 0) is 27.6 Å². The molecule has 0 spiro atoms. The zero-order chi connectivity index (χ0) is 30.8. The monoisotopic (exact) mass is 620 g/mol. The molecule has 228 valence electrons.